The van der Waals surface area contributed by atoms with Gasteiger partial charge < -0.3 is 0 Å². The molecule has 1 rings (SSSR count). The Hall–Kier alpha value is -0.410. The zero-order valence-electron chi connectivity index (χ0n) is 6.53. The van der Waals surface area contributed by atoms with E-state index in [1.165, 1.54) is 24.3 Å². The summed E-state index contributed by atoms with van der Waals surface area (Å²) in [7, 11) is 0. The van der Waals surface area contributed by atoms with Crippen LogP contribution in [0.5, 0.6) is 0 Å². The fourth-order valence-electron chi connectivity index (χ4n) is 0.875. The highest BCUT2D eigenvalue weighted by molar-refractivity contribution is 9.10. The second kappa shape index (κ2) is 4.72. The third-order valence-electron chi connectivity index (χ3n) is 1.42. The first-order chi connectivity index (χ1) is 6.15. The Bertz CT molecular complexity index is 313. The van der Waals surface area contributed by atoms with E-state index in [1.807, 2.05) is 0 Å². The van der Waals surface area contributed by atoms with Crippen LogP contribution >= 0.6 is 27.5 Å². The molecule has 0 radical (unpaired) electrons. The first-order valence-electron chi connectivity index (χ1n) is 3.52. The van der Waals surface area contributed by atoms with Crippen LogP contribution in [-0.4, -0.2) is 5.88 Å². The highest BCUT2D eigenvalue weighted by atomic mass is 79.9. The minimum atomic E-state index is -0.603. The average Bonchev–Trinajstić information content (AvgIpc) is 2.02. The molecule has 0 atom stereocenters. The van der Waals surface area contributed by atoms with Gasteiger partial charge >= 0.3 is 0 Å². The van der Waals surface area contributed by atoms with Crippen molar-refractivity contribution in [2.24, 2.45) is 0 Å². The first-order valence-corrected chi connectivity index (χ1v) is 4.85. The van der Waals surface area contributed by atoms with Gasteiger partial charge in [0.05, 0.1) is 0 Å². The van der Waals surface area contributed by atoms with Gasteiger partial charge in [0.1, 0.15) is 11.6 Å². The van der Waals surface area contributed by atoms with Crippen LogP contribution in [0.25, 0.3) is 6.08 Å². The van der Waals surface area contributed by atoms with Crippen molar-refractivity contribution in [2.45, 2.75) is 0 Å². The molecule has 13 heavy (non-hydrogen) atoms. The lowest BCUT2D eigenvalue weighted by molar-refractivity contribution is 0.577. The van der Waals surface area contributed by atoms with Crippen LogP contribution in [-0.2, 0) is 0 Å². The van der Waals surface area contributed by atoms with Crippen molar-refractivity contribution in [3.63, 3.8) is 0 Å². The Kier molecular flexibility index (Phi) is 3.88. The van der Waals surface area contributed by atoms with E-state index >= 15 is 0 Å². The molecule has 1 aromatic rings. The van der Waals surface area contributed by atoms with Gasteiger partial charge in [0.15, 0.2) is 0 Å². The van der Waals surface area contributed by atoms with E-state index in [4.69, 9.17) is 11.6 Å². The molecule has 0 saturated heterocycles. The average molecular weight is 268 g/mol. The molecule has 0 fully saturated rings. The van der Waals surface area contributed by atoms with Gasteiger partial charge in [-0.3, -0.25) is 0 Å². The van der Waals surface area contributed by atoms with Crippen molar-refractivity contribution in [3.05, 3.63) is 39.9 Å². The predicted octanol–water partition coefficient (Wildman–Crippen LogP) is 3.98. The summed E-state index contributed by atoms with van der Waals surface area (Å²) in [4.78, 5) is 0. The molecule has 0 aromatic heterocycles. The van der Waals surface area contributed by atoms with E-state index in [0.29, 0.717) is 4.47 Å². The van der Waals surface area contributed by atoms with Crippen molar-refractivity contribution in [1.29, 1.82) is 0 Å². The minimum Gasteiger partial charge on any atom is -0.206 e. The molecule has 0 heterocycles. The molecule has 0 amide bonds. The first kappa shape index (κ1) is 10.7. The van der Waals surface area contributed by atoms with Gasteiger partial charge in [-0.2, -0.15) is 0 Å². The van der Waals surface area contributed by atoms with Gasteiger partial charge in [0.2, 0.25) is 0 Å². The lowest BCUT2D eigenvalue weighted by atomic mass is 10.2. The van der Waals surface area contributed by atoms with Crippen LogP contribution < -0.4 is 0 Å². The van der Waals surface area contributed by atoms with Gasteiger partial charge in [-0.05, 0) is 12.1 Å². The summed E-state index contributed by atoms with van der Waals surface area (Å²) in [5, 5.41) is 0. The van der Waals surface area contributed by atoms with Crippen LogP contribution in [0.3, 0.4) is 0 Å². The van der Waals surface area contributed by atoms with E-state index in [0.717, 1.165) is 0 Å². The summed E-state index contributed by atoms with van der Waals surface area (Å²) >= 11 is 8.33. The summed E-state index contributed by atoms with van der Waals surface area (Å²) in [6, 6.07) is 2.41. The van der Waals surface area contributed by atoms with E-state index in [-0.39, 0.29) is 11.4 Å². The number of hydrogen-bond acceptors (Lipinski definition) is 0. The SMILES string of the molecule is Fc1cc(Br)cc(F)c1C=CCCl. The third kappa shape index (κ3) is 2.78. The number of rotatable bonds is 2. The molecule has 0 aliphatic heterocycles. The molecule has 70 valence electrons. The van der Waals surface area contributed by atoms with Gasteiger partial charge in [-0.25, -0.2) is 8.78 Å². The molecule has 1 aromatic carbocycles. The topological polar surface area (TPSA) is 0 Å². The molecule has 0 bridgehead atoms. The van der Waals surface area contributed by atoms with Crippen LogP contribution in [0, 0.1) is 11.6 Å². The van der Waals surface area contributed by atoms with Crippen LogP contribution in [0.15, 0.2) is 22.7 Å². The lowest BCUT2D eigenvalue weighted by Gasteiger charge is -1.99. The standard InChI is InChI=1S/C9H6BrClF2/c10-6-4-8(12)7(2-1-3-11)9(13)5-6/h1-2,4-5H,3H2. The Morgan fingerprint density at radius 3 is 2.31 bits per heavy atom. The zero-order valence-corrected chi connectivity index (χ0v) is 8.87. The van der Waals surface area contributed by atoms with Crippen LogP contribution in [0.4, 0.5) is 8.78 Å². The lowest BCUT2D eigenvalue weighted by Crippen LogP contribution is -1.88. The van der Waals surface area contributed by atoms with Crippen LogP contribution in [0.1, 0.15) is 5.56 Å². The molecular formula is C9H6BrClF2. The highest BCUT2D eigenvalue weighted by Gasteiger charge is 2.06. The molecule has 0 spiro atoms. The van der Waals surface area contributed by atoms with E-state index < -0.39 is 11.6 Å². The second-order valence-corrected chi connectivity index (χ2v) is 3.56. The summed E-state index contributed by atoms with van der Waals surface area (Å²) < 4.78 is 26.5. The van der Waals surface area contributed by atoms with Crippen molar-refractivity contribution in [1.82, 2.24) is 0 Å². The van der Waals surface area contributed by atoms with Gasteiger partial charge in [-0.15, -0.1) is 11.6 Å². The minimum absolute atomic E-state index is 0.0659. The molecular weight excluding hydrogens is 261 g/mol. The van der Waals surface area contributed by atoms with Crippen LogP contribution in [0.2, 0.25) is 0 Å². The molecule has 0 aliphatic rings. The molecule has 0 nitrogen and oxygen atoms in total. The molecule has 4 heteroatoms. The Morgan fingerprint density at radius 2 is 1.85 bits per heavy atom. The Morgan fingerprint density at radius 1 is 1.31 bits per heavy atom. The van der Waals surface area contributed by atoms with Crippen molar-refractivity contribution in [3.8, 4) is 0 Å². The molecule has 0 aliphatic carbocycles. The quantitative estimate of drug-likeness (QED) is 0.711. The maximum atomic E-state index is 13.1. The maximum absolute atomic E-state index is 13.1. The van der Waals surface area contributed by atoms with Gasteiger partial charge in [0, 0.05) is 15.9 Å². The highest BCUT2D eigenvalue weighted by Crippen LogP contribution is 2.20. The maximum Gasteiger partial charge on any atom is 0.134 e. The van der Waals surface area contributed by atoms with E-state index in [2.05, 4.69) is 15.9 Å². The number of allylic oxidation sites excluding steroid dienone is 1. The Balaban J connectivity index is 3.13. The summed E-state index contributed by atoms with van der Waals surface area (Å²) in [5.74, 6) is -0.976. The van der Waals surface area contributed by atoms with E-state index in [1.54, 1.807) is 0 Å². The molecule has 0 unspecified atom stereocenters. The summed E-state index contributed by atoms with van der Waals surface area (Å²) in [6.07, 6.45) is 2.81. The van der Waals surface area contributed by atoms with Crippen molar-refractivity contribution in [2.75, 3.05) is 5.88 Å². The number of benzene rings is 1. The van der Waals surface area contributed by atoms with Gasteiger partial charge in [-0.1, -0.05) is 28.1 Å². The zero-order chi connectivity index (χ0) is 9.84. The van der Waals surface area contributed by atoms with Gasteiger partial charge in [0.25, 0.3) is 0 Å². The van der Waals surface area contributed by atoms with Crippen molar-refractivity contribution >= 4 is 33.6 Å². The number of hydrogen-bond donors (Lipinski definition) is 0. The number of halogens is 4. The predicted molar refractivity (Wildman–Crippen MR) is 53.8 cm³/mol. The largest absolute Gasteiger partial charge is 0.206 e. The monoisotopic (exact) mass is 266 g/mol. The fourth-order valence-corrected chi connectivity index (χ4v) is 1.37. The molecule has 0 N–H and O–H groups in total. The molecule has 0 saturated carbocycles. The smallest absolute Gasteiger partial charge is 0.134 e. The number of alkyl halides is 1. The normalized spacial score (nSPS) is 11.1. The Labute approximate surface area is 88.3 Å². The fraction of sp³-hybridized carbons (Fsp3) is 0.111. The van der Waals surface area contributed by atoms with E-state index in [9.17, 15) is 8.78 Å². The second-order valence-electron chi connectivity index (χ2n) is 2.34. The summed E-state index contributed by atoms with van der Waals surface area (Å²) in [5.41, 5.74) is -0.0659. The summed E-state index contributed by atoms with van der Waals surface area (Å²) in [6.45, 7) is 0. The third-order valence-corrected chi connectivity index (χ3v) is 2.05. The van der Waals surface area contributed by atoms with Crippen molar-refractivity contribution < 1.29 is 8.78 Å².